The minimum atomic E-state index is -0.560. The van der Waals surface area contributed by atoms with Crippen LogP contribution < -0.4 is 10.9 Å². The van der Waals surface area contributed by atoms with Crippen molar-refractivity contribution in [2.75, 3.05) is 0 Å². The Morgan fingerprint density at radius 1 is 1.12 bits per heavy atom. The van der Waals surface area contributed by atoms with E-state index in [1.54, 1.807) is 19.9 Å². The van der Waals surface area contributed by atoms with Crippen molar-refractivity contribution in [3.8, 4) is 0 Å². The van der Waals surface area contributed by atoms with E-state index in [2.05, 4.69) is 26.8 Å². The summed E-state index contributed by atoms with van der Waals surface area (Å²) in [6.45, 7) is 3.50. The zero-order valence-electron chi connectivity index (χ0n) is 13.6. The summed E-state index contributed by atoms with van der Waals surface area (Å²) in [4.78, 5) is 24.9. The molecule has 0 bridgehead atoms. The van der Waals surface area contributed by atoms with Gasteiger partial charge in [0.2, 0.25) is 5.91 Å². The van der Waals surface area contributed by atoms with E-state index in [-0.39, 0.29) is 11.8 Å². The van der Waals surface area contributed by atoms with Crippen LogP contribution in [0, 0.1) is 13.8 Å². The number of carbonyl (C=O) groups is 2. The van der Waals surface area contributed by atoms with E-state index in [1.807, 2.05) is 24.3 Å². The number of amides is 2. The molecule has 0 aliphatic heterocycles. The zero-order chi connectivity index (χ0) is 17.3. The number of nitrogens with one attached hydrogen (secondary N) is 2. The Labute approximate surface area is 148 Å². The number of halogens is 1. The molecule has 1 aliphatic rings. The van der Waals surface area contributed by atoms with E-state index in [9.17, 15) is 9.59 Å². The molecule has 2 aromatic rings. The maximum atomic E-state index is 12.7. The van der Waals surface area contributed by atoms with Crippen molar-refractivity contribution in [1.82, 2.24) is 10.9 Å². The fourth-order valence-corrected chi connectivity index (χ4v) is 3.37. The van der Waals surface area contributed by atoms with Crippen molar-refractivity contribution < 1.29 is 14.0 Å². The van der Waals surface area contributed by atoms with Gasteiger partial charge in [-0.15, -0.1) is 0 Å². The minimum absolute atomic E-state index is 0.178. The van der Waals surface area contributed by atoms with Crippen LogP contribution in [0.1, 0.15) is 46.7 Å². The summed E-state index contributed by atoms with van der Waals surface area (Å²) in [5.41, 5.74) is 5.92. The number of furan rings is 1. The second kappa shape index (κ2) is 6.43. The maximum Gasteiger partial charge on any atom is 0.273 e. The van der Waals surface area contributed by atoms with E-state index in [1.165, 1.54) is 0 Å². The lowest BCUT2D eigenvalue weighted by Gasteiger charge is -2.40. The molecule has 1 saturated carbocycles. The second-order valence-corrected chi connectivity index (χ2v) is 7.09. The number of hydrogen-bond acceptors (Lipinski definition) is 3. The highest BCUT2D eigenvalue weighted by Gasteiger charge is 2.45. The average Bonchev–Trinajstić information content (AvgIpc) is 2.84. The molecule has 0 radical (unpaired) electrons. The van der Waals surface area contributed by atoms with Crippen molar-refractivity contribution in [2.24, 2.45) is 0 Å². The Kier molecular flexibility index (Phi) is 4.49. The largest absolute Gasteiger partial charge is 0.466 e. The number of aryl methyl sites for hydroxylation is 2. The number of hydrazine groups is 1. The lowest BCUT2D eigenvalue weighted by Crippen LogP contribution is -2.54. The molecule has 1 heterocycles. The van der Waals surface area contributed by atoms with Gasteiger partial charge in [-0.05, 0) is 50.5 Å². The summed E-state index contributed by atoms with van der Waals surface area (Å²) >= 11 is 3.41. The van der Waals surface area contributed by atoms with Gasteiger partial charge in [0.15, 0.2) is 0 Å². The van der Waals surface area contributed by atoms with Crippen molar-refractivity contribution in [3.05, 3.63) is 57.5 Å². The van der Waals surface area contributed by atoms with Crippen molar-refractivity contribution in [3.63, 3.8) is 0 Å². The van der Waals surface area contributed by atoms with Gasteiger partial charge in [0, 0.05) is 4.47 Å². The van der Waals surface area contributed by atoms with Crippen molar-refractivity contribution in [1.29, 1.82) is 0 Å². The predicted molar refractivity (Wildman–Crippen MR) is 93.5 cm³/mol. The Bertz CT molecular complexity index is 776. The molecule has 0 atom stereocenters. The number of carbonyl (C=O) groups excluding carboxylic acids is 2. The molecule has 0 spiro atoms. The molecule has 126 valence electrons. The highest BCUT2D eigenvalue weighted by molar-refractivity contribution is 9.10. The summed E-state index contributed by atoms with van der Waals surface area (Å²) < 4.78 is 6.32. The quantitative estimate of drug-likeness (QED) is 0.787. The molecule has 1 aromatic heterocycles. The van der Waals surface area contributed by atoms with Crippen LogP contribution in [-0.2, 0) is 10.2 Å². The smallest absolute Gasteiger partial charge is 0.273 e. The van der Waals surface area contributed by atoms with E-state index in [4.69, 9.17) is 4.42 Å². The molecule has 1 aromatic carbocycles. The molecule has 0 unspecified atom stereocenters. The standard InChI is InChI=1S/C18H19BrN2O3/c1-11-10-15(12(2)24-11)16(22)20-21-17(23)18(8-3-9-18)13-4-6-14(19)7-5-13/h4-7,10H,3,8-9H2,1-2H3,(H,20,22)(H,21,23). The first-order chi connectivity index (χ1) is 11.4. The summed E-state index contributed by atoms with van der Waals surface area (Å²) in [7, 11) is 0. The molecule has 3 rings (SSSR count). The first-order valence-electron chi connectivity index (χ1n) is 7.86. The number of benzene rings is 1. The lowest BCUT2D eigenvalue weighted by molar-refractivity contribution is -0.130. The summed E-state index contributed by atoms with van der Waals surface area (Å²) in [5.74, 6) is 0.644. The molecule has 6 heteroatoms. The Morgan fingerprint density at radius 3 is 2.29 bits per heavy atom. The van der Waals surface area contributed by atoms with Gasteiger partial charge in [0.05, 0.1) is 11.0 Å². The van der Waals surface area contributed by atoms with E-state index < -0.39 is 5.41 Å². The summed E-state index contributed by atoms with van der Waals surface area (Å²) in [6.07, 6.45) is 2.55. The maximum absolute atomic E-state index is 12.7. The molecule has 24 heavy (non-hydrogen) atoms. The highest BCUT2D eigenvalue weighted by Crippen LogP contribution is 2.44. The summed E-state index contributed by atoms with van der Waals surface area (Å²) in [5, 5.41) is 0. The molecular weight excluding hydrogens is 372 g/mol. The minimum Gasteiger partial charge on any atom is -0.466 e. The molecule has 0 saturated heterocycles. The van der Waals surface area contributed by atoms with Gasteiger partial charge in [0.1, 0.15) is 11.5 Å². The third kappa shape index (κ3) is 2.98. The molecular formula is C18H19BrN2O3. The Hall–Kier alpha value is -2.08. The first kappa shape index (κ1) is 16.8. The van der Waals surface area contributed by atoms with Gasteiger partial charge in [0.25, 0.3) is 5.91 Å². The van der Waals surface area contributed by atoms with Gasteiger partial charge in [-0.2, -0.15) is 0 Å². The van der Waals surface area contributed by atoms with E-state index >= 15 is 0 Å². The van der Waals surface area contributed by atoms with Crippen LogP contribution in [0.5, 0.6) is 0 Å². The topological polar surface area (TPSA) is 71.3 Å². The van der Waals surface area contributed by atoms with Crippen LogP contribution in [-0.4, -0.2) is 11.8 Å². The van der Waals surface area contributed by atoms with Crippen LogP contribution in [0.3, 0.4) is 0 Å². The highest BCUT2D eigenvalue weighted by atomic mass is 79.9. The SMILES string of the molecule is Cc1cc(C(=O)NNC(=O)C2(c3ccc(Br)cc3)CCC2)c(C)o1. The molecule has 1 aliphatic carbocycles. The lowest BCUT2D eigenvalue weighted by atomic mass is 9.64. The van der Waals surface area contributed by atoms with Gasteiger partial charge in [-0.3, -0.25) is 20.4 Å². The third-order valence-corrected chi connectivity index (χ3v) is 5.14. The predicted octanol–water partition coefficient (Wildman–Crippen LogP) is 3.54. The van der Waals surface area contributed by atoms with Crippen LogP contribution >= 0.6 is 15.9 Å². The van der Waals surface area contributed by atoms with Gasteiger partial charge < -0.3 is 4.42 Å². The summed E-state index contributed by atoms with van der Waals surface area (Å²) in [6, 6.07) is 9.42. The molecule has 2 N–H and O–H groups in total. The molecule has 1 fully saturated rings. The van der Waals surface area contributed by atoms with Gasteiger partial charge >= 0.3 is 0 Å². The number of rotatable bonds is 3. The fourth-order valence-electron chi connectivity index (χ4n) is 3.10. The monoisotopic (exact) mass is 390 g/mol. The van der Waals surface area contributed by atoms with Crippen molar-refractivity contribution >= 4 is 27.7 Å². The normalized spacial score (nSPS) is 15.5. The van der Waals surface area contributed by atoms with Crippen LogP contribution in [0.2, 0.25) is 0 Å². The van der Waals surface area contributed by atoms with Crippen LogP contribution in [0.25, 0.3) is 0 Å². The zero-order valence-corrected chi connectivity index (χ0v) is 15.2. The first-order valence-corrected chi connectivity index (χ1v) is 8.65. The van der Waals surface area contributed by atoms with Crippen LogP contribution in [0.15, 0.2) is 39.2 Å². The van der Waals surface area contributed by atoms with E-state index in [0.717, 1.165) is 29.3 Å². The van der Waals surface area contributed by atoms with Gasteiger partial charge in [-0.25, -0.2) is 0 Å². The second-order valence-electron chi connectivity index (χ2n) is 6.18. The van der Waals surface area contributed by atoms with Crippen molar-refractivity contribution in [2.45, 2.75) is 38.5 Å². The number of hydrogen-bond donors (Lipinski definition) is 2. The average molecular weight is 391 g/mol. The molecule has 2 amide bonds. The Balaban J connectivity index is 1.70. The third-order valence-electron chi connectivity index (χ3n) is 4.61. The van der Waals surface area contributed by atoms with Crippen LogP contribution in [0.4, 0.5) is 0 Å². The molecule has 5 nitrogen and oxygen atoms in total. The van der Waals surface area contributed by atoms with Gasteiger partial charge in [-0.1, -0.05) is 34.5 Å². The van der Waals surface area contributed by atoms with E-state index in [0.29, 0.717) is 17.1 Å². The fraction of sp³-hybridized carbons (Fsp3) is 0.333. The Morgan fingerprint density at radius 2 is 1.79 bits per heavy atom.